The summed E-state index contributed by atoms with van der Waals surface area (Å²) in [5.41, 5.74) is 6.02. The third kappa shape index (κ3) is 4.37. The molecule has 1 aromatic heterocycles. The van der Waals surface area contributed by atoms with E-state index >= 15 is 0 Å². The van der Waals surface area contributed by atoms with E-state index in [2.05, 4.69) is 20.6 Å². The van der Waals surface area contributed by atoms with Gasteiger partial charge in [0.25, 0.3) is 0 Å². The van der Waals surface area contributed by atoms with Gasteiger partial charge in [-0.15, -0.1) is 0 Å². The molecule has 0 spiro atoms. The lowest BCUT2D eigenvalue weighted by Crippen LogP contribution is -2.08. The summed E-state index contributed by atoms with van der Waals surface area (Å²) in [5, 5.41) is 5.83. The van der Waals surface area contributed by atoms with Crippen molar-refractivity contribution in [2.24, 2.45) is 0 Å². The molecule has 0 radical (unpaired) electrons. The Morgan fingerprint density at radius 3 is 2.43 bits per heavy atom. The summed E-state index contributed by atoms with van der Waals surface area (Å²) in [6.07, 6.45) is -3.28. The molecule has 0 aliphatic heterocycles. The molecule has 0 fully saturated rings. The largest absolute Gasteiger partial charge is 0.497 e. The molecule has 146 valence electrons. The number of aromatic nitrogens is 2. The van der Waals surface area contributed by atoms with Crippen molar-refractivity contribution < 1.29 is 17.9 Å². The highest BCUT2D eigenvalue weighted by molar-refractivity contribution is 6.33. The third-order valence-electron chi connectivity index (χ3n) is 3.76. The van der Waals surface area contributed by atoms with Crippen LogP contribution in [0.3, 0.4) is 0 Å². The predicted octanol–water partition coefficient (Wildman–Crippen LogP) is 5.23. The monoisotopic (exact) mass is 409 g/mol. The van der Waals surface area contributed by atoms with Crippen LogP contribution in [0.1, 0.15) is 5.56 Å². The van der Waals surface area contributed by atoms with Crippen molar-refractivity contribution >= 4 is 40.3 Å². The molecule has 2 aromatic carbocycles. The summed E-state index contributed by atoms with van der Waals surface area (Å²) in [7, 11) is 1.54. The molecule has 3 aromatic rings. The molecule has 0 amide bonds. The number of rotatable bonds is 5. The minimum atomic E-state index is -4.50. The summed E-state index contributed by atoms with van der Waals surface area (Å²) in [6.45, 7) is 0. The first-order valence-corrected chi connectivity index (χ1v) is 8.31. The van der Waals surface area contributed by atoms with E-state index in [0.717, 1.165) is 18.2 Å². The maximum atomic E-state index is 12.9. The van der Waals surface area contributed by atoms with Crippen LogP contribution in [-0.2, 0) is 6.18 Å². The second-order valence-electron chi connectivity index (χ2n) is 5.66. The number of nitrogen functional groups attached to an aromatic ring is 1. The Morgan fingerprint density at radius 2 is 1.75 bits per heavy atom. The number of benzene rings is 2. The first kappa shape index (κ1) is 19.6. The minimum Gasteiger partial charge on any atom is -0.497 e. The zero-order valence-electron chi connectivity index (χ0n) is 14.5. The van der Waals surface area contributed by atoms with E-state index in [9.17, 15) is 13.2 Å². The van der Waals surface area contributed by atoms with E-state index in [-0.39, 0.29) is 28.0 Å². The molecule has 10 heteroatoms. The van der Waals surface area contributed by atoms with Gasteiger partial charge in [0.1, 0.15) is 17.8 Å². The van der Waals surface area contributed by atoms with E-state index < -0.39 is 11.7 Å². The van der Waals surface area contributed by atoms with Crippen molar-refractivity contribution in [1.82, 2.24) is 9.97 Å². The van der Waals surface area contributed by atoms with Crippen LogP contribution >= 0.6 is 11.6 Å². The fourth-order valence-electron chi connectivity index (χ4n) is 2.36. The molecule has 3 rings (SSSR count). The van der Waals surface area contributed by atoms with E-state index in [1.807, 2.05) is 0 Å². The highest BCUT2D eigenvalue weighted by atomic mass is 35.5. The number of alkyl halides is 3. The number of nitrogens with zero attached hydrogens (tertiary/aromatic N) is 2. The highest BCUT2D eigenvalue weighted by Gasteiger charge is 2.31. The standard InChI is InChI=1S/C18H15ClF3N5O/c1-28-12-4-2-3-11(8-12)26-16-15(23)17(25-9-24-16)27-14-7-10(18(20,21)22)5-6-13(14)19/h2-9H,23H2,1H3,(H2,24,25,26,27). The molecule has 0 saturated heterocycles. The maximum Gasteiger partial charge on any atom is 0.416 e. The second kappa shape index (κ2) is 7.81. The SMILES string of the molecule is COc1cccc(Nc2ncnc(Nc3cc(C(F)(F)F)ccc3Cl)c2N)c1. The number of methoxy groups -OCH3 is 1. The van der Waals surface area contributed by atoms with Crippen LogP contribution in [0, 0.1) is 0 Å². The fraction of sp³-hybridized carbons (Fsp3) is 0.111. The van der Waals surface area contributed by atoms with Crippen LogP contribution in [0.15, 0.2) is 48.8 Å². The van der Waals surface area contributed by atoms with Gasteiger partial charge in [-0.05, 0) is 30.3 Å². The van der Waals surface area contributed by atoms with E-state index in [4.69, 9.17) is 22.1 Å². The van der Waals surface area contributed by atoms with Crippen molar-refractivity contribution in [2.75, 3.05) is 23.5 Å². The molecule has 0 unspecified atom stereocenters. The van der Waals surface area contributed by atoms with Gasteiger partial charge in [0.05, 0.1) is 23.4 Å². The molecule has 0 saturated carbocycles. The van der Waals surface area contributed by atoms with Crippen LogP contribution in [0.2, 0.25) is 5.02 Å². The number of nitrogens with one attached hydrogen (secondary N) is 2. The first-order chi connectivity index (χ1) is 13.3. The smallest absolute Gasteiger partial charge is 0.416 e. The molecular formula is C18H15ClF3N5O. The summed E-state index contributed by atoms with van der Waals surface area (Å²) < 4.78 is 44.0. The summed E-state index contributed by atoms with van der Waals surface area (Å²) in [5.74, 6) is 1.02. The Kier molecular flexibility index (Phi) is 5.46. The number of hydrogen-bond acceptors (Lipinski definition) is 6. The quantitative estimate of drug-likeness (QED) is 0.535. The lowest BCUT2D eigenvalue weighted by atomic mass is 10.2. The van der Waals surface area contributed by atoms with E-state index in [1.54, 1.807) is 31.4 Å². The van der Waals surface area contributed by atoms with Crippen LogP contribution in [-0.4, -0.2) is 17.1 Å². The van der Waals surface area contributed by atoms with Gasteiger partial charge in [-0.1, -0.05) is 17.7 Å². The summed E-state index contributed by atoms with van der Waals surface area (Å²) in [4.78, 5) is 8.06. The Labute approximate surface area is 163 Å². The van der Waals surface area contributed by atoms with Gasteiger partial charge in [0.15, 0.2) is 11.6 Å². The zero-order valence-corrected chi connectivity index (χ0v) is 15.3. The number of ether oxygens (including phenoxy) is 1. The molecule has 4 N–H and O–H groups in total. The molecule has 1 heterocycles. The minimum absolute atomic E-state index is 0.0224. The van der Waals surface area contributed by atoms with Crippen molar-refractivity contribution in [3.05, 3.63) is 59.4 Å². The normalized spacial score (nSPS) is 11.2. The Balaban J connectivity index is 1.89. The van der Waals surface area contributed by atoms with Gasteiger partial charge in [0, 0.05) is 11.8 Å². The average Bonchev–Trinajstić information content (AvgIpc) is 2.66. The van der Waals surface area contributed by atoms with Gasteiger partial charge in [-0.3, -0.25) is 0 Å². The highest BCUT2D eigenvalue weighted by Crippen LogP contribution is 2.36. The van der Waals surface area contributed by atoms with Crippen LogP contribution < -0.4 is 21.1 Å². The van der Waals surface area contributed by atoms with Gasteiger partial charge >= 0.3 is 6.18 Å². The van der Waals surface area contributed by atoms with Crippen molar-refractivity contribution in [2.45, 2.75) is 6.18 Å². The van der Waals surface area contributed by atoms with Crippen molar-refractivity contribution in [1.29, 1.82) is 0 Å². The molecule has 0 aliphatic carbocycles. The lowest BCUT2D eigenvalue weighted by Gasteiger charge is -2.15. The molecular weight excluding hydrogens is 395 g/mol. The molecule has 0 bridgehead atoms. The maximum absolute atomic E-state index is 12.9. The van der Waals surface area contributed by atoms with Crippen molar-refractivity contribution in [3.8, 4) is 5.75 Å². The van der Waals surface area contributed by atoms with E-state index in [1.165, 1.54) is 6.33 Å². The van der Waals surface area contributed by atoms with Crippen LogP contribution in [0.4, 0.5) is 41.9 Å². The molecule has 6 nitrogen and oxygen atoms in total. The van der Waals surface area contributed by atoms with Crippen LogP contribution in [0.25, 0.3) is 0 Å². The zero-order chi connectivity index (χ0) is 20.3. The molecule has 0 aliphatic rings. The summed E-state index contributed by atoms with van der Waals surface area (Å²) >= 11 is 6.01. The van der Waals surface area contributed by atoms with Gasteiger partial charge in [-0.2, -0.15) is 13.2 Å². The fourth-order valence-corrected chi connectivity index (χ4v) is 2.52. The Hall–Kier alpha value is -3.20. The first-order valence-electron chi connectivity index (χ1n) is 7.93. The van der Waals surface area contributed by atoms with Gasteiger partial charge < -0.3 is 21.1 Å². The van der Waals surface area contributed by atoms with E-state index in [0.29, 0.717) is 11.4 Å². The average molecular weight is 410 g/mol. The number of nitrogens with two attached hydrogens (primary N) is 1. The molecule has 0 atom stereocenters. The Morgan fingerprint density at radius 1 is 1.04 bits per heavy atom. The van der Waals surface area contributed by atoms with Crippen molar-refractivity contribution in [3.63, 3.8) is 0 Å². The predicted molar refractivity (Wildman–Crippen MR) is 102 cm³/mol. The lowest BCUT2D eigenvalue weighted by molar-refractivity contribution is -0.137. The van der Waals surface area contributed by atoms with Gasteiger partial charge in [-0.25, -0.2) is 9.97 Å². The Bertz CT molecular complexity index is 997. The topological polar surface area (TPSA) is 85.1 Å². The van der Waals surface area contributed by atoms with Crippen LogP contribution in [0.5, 0.6) is 5.75 Å². The number of hydrogen-bond donors (Lipinski definition) is 3. The number of anilines is 5. The molecule has 28 heavy (non-hydrogen) atoms. The number of halogens is 4. The third-order valence-corrected chi connectivity index (χ3v) is 4.09. The second-order valence-corrected chi connectivity index (χ2v) is 6.07. The van der Waals surface area contributed by atoms with Gasteiger partial charge in [0.2, 0.25) is 0 Å². The summed E-state index contributed by atoms with van der Waals surface area (Å²) in [6, 6.07) is 10.0.